The smallest absolute Gasteiger partial charge is 0.164 e. The van der Waals surface area contributed by atoms with E-state index in [0.717, 1.165) is 34.6 Å². The summed E-state index contributed by atoms with van der Waals surface area (Å²) in [5.41, 5.74) is 10.1. The first kappa shape index (κ1) is 26.5. The number of hydrogen-bond acceptors (Lipinski definition) is 3. The SMILES string of the molecule is Clc1ccc(C2(c3ccc(-c4nc(-c5ccccc5)nc(-c5ccccc5)n4)cc3)C3=CCCC=C3c3ccccc32)cc1. The van der Waals surface area contributed by atoms with Crippen molar-refractivity contribution < 1.29 is 0 Å². The minimum absolute atomic E-state index is 0.449. The number of halogens is 1. The van der Waals surface area contributed by atoms with Gasteiger partial charge in [0.25, 0.3) is 0 Å². The van der Waals surface area contributed by atoms with Gasteiger partial charge >= 0.3 is 0 Å². The average Bonchev–Trinajstić information content (AvgIpc) is 3.40. The maximum Gasteiger partial charge on any atom is 0.164 e. The Morgan fingerprint density at radius 3 is 1.55 bits per heavy atom. The van der Waals surface area contributed by atoms with E-state index < -0.39 is 5.41 Å². The molecular weight excluding hydrogens is 558 g/mol. The van der Waals surface area contributed by atoms with Crippen LogP contribution in [0.4, 0.5) is 0 Å². The average molecular weight is 586 g/mol. The normalized spacial score (nSPS) is 16.9. The number of hydrogen-bond donors (Lipinski definition) is 0. The molecule has 0 saturated heterocycles. The van der Waals surface area contributed by atoms with Crippen molar-refractivity contribution in [3.8, 4) is 34.2 Å². The monoisotopic (exact) mass is 585 g/mol. The van der Waals surface area contributed by atoms with Crippen LogP contribution >= 0.6 is 11.6 Å². The van der Waals surface area contributed by atoms with Gasteiger partial charge in [0.05, 0.1) is 5.41 Å². The van der Waals surface area contributed by atoms with Gasteiger partial charge in [-0.3, -0.25) is 0 Å². The van der Waals surface area contributed by atoms with Crippen molar-refractivity contribution in [1.82, 2.24) is 15.0 Å². The van der Waals surface area contributed by atoms with Gasteiger partial charge in [-0.25, -0.2) is 15.0 Å². The van der Waals surface area contributed by atoms with E-state index in [1.807, 2.05) is 72.8 Å². The summed E-state index contributed by atoms with van der Waals surface area (Å²) in [6.45, 7) is 0. The minimum Gasteiger partial charge on any atom is -0.208 e. The molecule has 0 fully saturated rings. The third-order valence-corrected chi connectivity index (χ3v) is 8.98. The zero-order valence-corrected chi connectivity index (χ0v) is 24.7. The van der Waals surface area contributed by atoms with Gasteiger partial charge in [-0.1, -0.05) is 145 Å². The number of rotatable bonds is 5. The van der Waals surface area contributed by atoms with Crippen LogP contribution in [0.3, 0.4) is 0 Å². The Balaban J connectivity index is 1.31. The molecule has 1 atom stereocenters. The molecule has 8 rings (SSSR count). The quantitative estimate of drug-likeness (QED) is 0.202. The van der Waals surface area contributed by atoms with E-state index in [1.54, 1.807) is 0 Å². The summed E-state index contributed by atoms with van der Waals surface area (Å²) in [6.07, 6.45) is 6.91. The Labute approximate surface area is 262 Å². The molecule has 44 heavy (non-hydrogen) atoms. The van der Waals surface area contributed by atoms with E-state index in [4.69, 9.17) is 26.6 Å². The van der Waals surface area contributed by atoms with E-state index in [-0.39, 0.29) is 0 Å². The van der Waals surface area contributed by atoms with Crippen molar-refractivity contribution >= 4 is 17.2 Å². The summed E-state index contributed by atoms with van der Waals surface area (Å²) in [7, 11) is 0. The summed E-state index contributed by atoms with van der Waals surface area (Å²) >= 11 is 6.41. The summed E-state index contributed by atoms with van der Waals surface area (Å²) in [5.74, 6) is 1.96. The number of fused-ring (bicyclic) bond motifs is 3. The molecule has 0 aliphatic heterocycles. The Bertz CT molecular complexity index is 1990. The third kappa shape index (κ3) is 4.32. The molecule has 1 aromatic heterocycles. The van der Waals surface area contributed by atoms with Crippen molar-refractivity contribution in [2.45, 2.75) is 18.3 Å². The summed E-state index contributed by atoms with van der Waals surface area (Å²) in [4.78, 5) is 14.8. The first-order chi connectivity index (χ1) is 21.7. The van der Waals surface area contributed by atoms with E-state index in [1.165, 1.54) is 33.4 Å². The van der Waals surface area contributed by atoms with E-state index in [9.17, 15) is 0 Å². The fourth-order valence-corrected chi connectivity index (χ4v) is 6.90. The first-order valence-electron chi connectivity index (χ1n) is 15.0. The van der Waals surface area contributed by atoms with Crippen LogP contribution in [-0.4, -0.2) is 15.0 Å². The Morgan fingerprint density at radius 1 is 0.477 bits per heavy atom. The Hall–Kier alpha value is -5.12. The molecule has 1 unspecified atom stereocenters. The molecule has 1 heterocycles. The minimum atomic E-state index is -0.449. The molecule has 0 bridgehead atoms. The molecule has 3 nitrogen and oxygen atoms in total. The topological polar surface area (TPSA) is 38.7 Å². The van der Waals surface area contributed by atoms with Gasteiger partial charge in [0, 0.05) is 21.7 Å². The lowest BCUT2D eigenvalue weighted by Crippen LogP contribution is -2.29. The maximum absolute atomic E-state index is 6.41. The number of nitrogens with zero attached hydrogens (tertiary/aromatic N) is 3. The van der Waals surface area contributed by atoms with Crippen LogP contribution in [0.2, 0.25) is 5.02 Å². The molecule has 0 radical (unpaired) electrons. The second-order valence-corrected chi connectivity index (χ2v) is 11.7. The maximum atomic E-state index is 6.41. The summed E-state index contributed by atoms with van der Waals surface area (Å²) in [5, 5.41) is 0.734. The molecule has 0 N–H and O–H groups in total. The molecule has 6 aromatic rings. The van der Waals surface area contributed by atoms with Crippen LogP contribution in [0.5, 0.6) is 0 Å². The molecule has 0 spiro atoms. The van der Waals surface area contributed by atoms with Crippen LogP contribution < -0.4 is 0 Å². The lowest BCUT2D eigenvalue weighted by atomic mass is 9.66. The molecule has 210 valence electrons. The summed E-state index contributed by atoms with van der Waals surface area (Å²) in [6, 6.07) is 46.2. The van der Waals surface area contributed by atoms with E-state index >= 15 is 0 Å². The van der Waals surface area contributed by atoms with Gasteiger partial charge in [-0.15, -0.1) is 0 Å². The van der Waals surface area contributed by atoms with Crippen molar-refractivity contribution in [3.05, 3.63) is 178 Å². The molecule has 0 saturated carbocycles. The van der Waals surface area contributed by atoms with Crippen LogP contribution in [0.1, 0.15) is 35.1 Å². The van der Waals surface area contributed by atoms with Gasteiger partial charge in [-0.2, -0.15) is 0 Å². The van der Waals surface area contributed by atoms with Crippen molar-refractivity contribution in [1.29, 1.82) is 0 Å². The zero-order chi connectivity index (χ0) is 29.5. The molecule has 5 aromatic carbocycles. The predicted molar refractivity (Wildman–Crippen MR) is 179 cm³/mol. The Morgan fingerprint density at radius 2 is 0.955 bits per heavy atom. The predicted octanol–water partition coefficient (Wildman–Crippen LogP) is 9.98. The van der Waals surface area contributed by atoms with Gasteiger partial charge in [-0.05, 0) is 58.4 Å². The van der Waals surface area contributed by atoms with E-state index in [2.05, 4.69) is 72.8 Å². The van der Waals surface area contributed by atoms with Crippen molar-refractivity contribution in [2.24, 2.45) is 0 Å². The van der Waals surface area contributed by atoms with Crippen LogP contribution in [0.15, 0.2) is 151 Å². The fourth-order valence-electron chi connectivity index (χ4n) is 6.77. The zero-order valence-electron chi connectivity index (χ0n) is 24.0. The van der Waals surface area contributed by atoms with Crippen molar-refractivity contribution in [2.75, 3.05) is 0 Å². The van der Waals surface area contributed by atoms with Gasteiger partial charge in [0.15, 0.2) is 17.5 Å². The highest BCUT2D eigenvalue weighted by Crippen LogP contribution is 2.58. The number of allylic oxidation sites excluding steroid dienone is 4. The van der Waals surface area contributed by atoms with Crippen molar-refractivity contribution in [3.63, 3.8) is 0 Å². The van der Waals surface area contributed by atoms with Crippen LogP contribution in [0, 0.1) is 0 Å². The largest absolute Gasteiger partial charge is 0.208 e. The lowest BCUT2D eigenvalue weighted by molar-refractivity contribution is 0.759. The third-order valence-electron chi connectivity index (χ3n) is 8.73. The lowest BCUT2D eigenvalue weighted by Gasteiger charge is -2.35. The highest BCUT2D eigenvalue weighted by atomic mass is 35.5. The summed E-state index contributed by atoms with van der Waals surface area (Å²) < 4.78 is 0. The molecular formula is C40H28ClN3. The fraction of sp³-hybridized carbons (Fsp3) is 0.0750. The van der Waals surface area contributed by atoms with E-state index in [0.29, 0.717) is 17.5 Å². The standard InChI is InChI=1S/C40H28ClN3/c41-32-25-23-31(24-26-32)40(35-17-9-7-15-33(35)34-16-8-10-18-36(34)40)30-21-19-29(20-22-30)39-43-37(27-11-3-1-4-12-27)42-38(44-39)28-13-5-2-6-14-28/h1-7,9,11-26H,8,10H2. The van der Waals surface area contributed by atoms with Gasteiger partial charge in [0.2, 0.25) is 0 Å². The molecule has 4 heteroatoms. The van der Waals surface area contributed by atoms with Crippen LogP contribution in [0.25, 0.3) is 39.7 Å². The second kappa shape index (κ2) is 10.9. The molecule has 2 aliphatic carbocycles. The highest BCUT2D eigenvalue weighted by molar-refractivity contribution is 6.30. The number of aromatic nitrogens is 3. The number of benzene rings is 5. The first-order valence-corrected chi connectivity index (χ1v) is 15.3. The second-order valence-electron chi connectivity index (χ2n) is 11.2. The van der Waals surface area contributed by atoms with Crippen LogP contribution in [-0.2, 0) is 5.41 Å². The molecule has 0 amide bonds. The molecule has 2 aliphatic rings. The highest BCUT2D eigenvalue weighted by Gasteiger charge is 2.48. The Kier molecular flexibility index (Phi) is 6.54. The van der Waals surface area contributed by atoms with Gasteiger partial charge < -0.3 is 0 Å². The van der Waals surface area contributed by atoms with Gasteiger partial charge in [0.1, 0.15) is 0 Å².